The highest BCUT2D eigenvalue weighted by Gasteiger charge is 2.54. The van der Waals surface area contributed by atoms with Gasteiger partial charge in [-0.1, -0.05) is 30.3 Å². The van der Waals surface area contributed by atoms with Gasteiger partial charge in [-0.2, -0.15) is 0 Å². The number of aliphatic carboxylic acids is 1. The highest BCUT2D eigenvalue weighted by molar-refractivity contribution is 8.00. The number of hydrogen-bond acceptors (Lipinski definition) is 9. The van der Waals surface area contributed by atoms with Crippen LogP contribution in [0.4, 0.5) is 9.59 Å². The maximum atomic E-state index is 13.2. The Kier molecular flexibility index (Phi) is 7.52. The summed E-state index contributed by atoms with van der Waals surface area (Å²) in [7, 11) is 0. The topological polar surface area (TPSA) is 204 Å². The molecule has 0 bridgehead atoms. The fourth-order valence-corrected chi connectivity index (χ4v) is 5.31. The van der Waals surface area contributed by atoms with E-state index in [1.54, 1.807) is 30.3 Å². The molecule has 16 heteroatoms. The predicted octanol–water partition coefficient (Wildman–Crippen LogP) is -1.20. The fourth-order valence-electron chi connectivity index (χ4n) is 3.98. The largest absolute Gasteiger partial charge is 0.477 e. The van der Waals surface area contributed by atoms with Crippen molar-refractivity contribution in [2.75, 3.05) is 18.9 Å². The molecule has 4 rings (SSSR count). The third-order valence-electron chi connectivity index (χ3n) is 5.70. The summed E-state index contributed by atoms with van der Waals surface area (Å²) in [5, 5.41) is 16.6. The number of β-lactam (4-membered cyclic amide) rings is 1. The second kappa shape index (κ2) is 10.8. The molecule has 7 amide bonds. The van der Waals surface area contributed by atoms with Crippen molar-refractivity contribution in [1.82, 2.24) is 31.3 Å². The van der Waals surface area contributed by atoms with Gasteiger partial charge < -0.3 is 20.5 Å². The van der Waals surface area contributed by atoms with Gasteiger partial charge in [0.05, 0.1) is 0 Å². The molecule has 1 aromatic carbocycles. The van der Waals surface area contributed by atoms with Crippen molar-refractivity contribution in [3.05, 3.63) is 47.2 Å². The van der Waals surface area contributed by atoms with Crippen molar-refractivity contribution in [2.45, 2.75) is 24.4 Å². The standard InChI is InChI=1S/C22H22N6O9S/c1-10(29)37-8-12-9-38-19-15(18(32)28(19)16(12)20(33)34)24-17(31)14(11-5-3-2-4-6-11)25-21(35)26-27-7-13(30)23-22(27)36/h2-6,14-15,19H,7-9H2,1H3,(H,24,31)(H,33,34)(H,23,30,36)(H2,25,26,35)/t14?,15-,19?/m0/s1. The quantitative estimate of drug-likeness (QED) is 0.150. The van der Waals surface area contributed by atoms with E-state index in [0.717, 1.165) is 9.91 Å². The number of urea groups is 2. The number of rotatable bonds is 8. The van der Waals surface area contributed by atoms with Crippen LogP contribution >= 0.6 is 11.8 Å². The van der Waals surface area contributed by atoms with Crippen molar-refractivity contribution in [3.8, 4) is 0 Å². The molecule has 0 saturated carbocycles. The first kappa shape index (κ1) is 26.5. The second-order valence-electron chi connectivity index (χ2n) is 8.30. The Morgan fingerprint density at radius 3 is 2.50 bits per heavy atom. The first-order valence-corrected chi connectivity index (χ1v) is 12.2. The number of hydrogen-bond donors (Lipinski definition) is 5. The highest BCUT2D eigenvalue weighted by atomic mass is 32.2. The second-order valence-corrected chi connectivity index (χ2v) is 9.41. The minimum Gasteiger partial charge on any atom is -0.477 e. The zero-order chi connectivity index (χ0) is 27.6. The van der Waals surface area contributed by atoms with E-state index >= 15 is 0 Å². The van der Waals surface area contributed by atoms with Crippen LogP contribution in [0.5, 0.6) is 0 Å². The van der Waals surface area contributed by atoms with Crippen molar-refractivity contribution in [2.24, 2.45) is 0 Å². The predicted molar refractivity (Wildman–Crippen MR) is 127 cm³/mol. The number of hydrazine groups is 1. The average molecular weight is 547 g/mol. The van der Waals surface area contributed by atoms with Crippen LogP contribution in [0.15, 0.2) is 41.6 Å². The maximum Gasteiger partial charge on any atom is 0.352 e. The van der Waals surface area contributed by atoms with E-state index < -0.39 is 65.7 Å². The molecule has 0 radical (unpaired) electrons. The molecule has 0 aliphatic carbocycles. The van der Waals surface area contributed by atoms with E-state index in [0.29, 0.717) is 5.56 Å². The molecule has 38 heavy (non-hydrogen) atoms. The summed E-state index contributed by atoms with van der Waals surface area (Å²) in [6.07, 6.45) is 0. The first-order chi connectivity index (χ1) is 18.1. The zero-order valence-electron chi connectivity index (χ0n) is 19.8. The lowest BCUT2D eigenvalue weighted by Gasteiger charge is -2.49. The number of carboxylic acids is 1. The van der Waals surface area contributed by atoms with Gasteiger partial charge in [-0.3, -0.25) is 29.4 Å². The molecule has 2 fully saturated rings. The summed E-state index contributed by atoms with van der Waals surface area (Å²) in [6.45, 7) is 0.489. The van der Waals surface area contributed by atoms with Crippen molar-refractivity contribution in [3.63, 3.8) is 0 Å². The van der Waals surface area contributed by atoms with Gasteiger partial charge in [0.25, 0.3) is 5.91 Å². The Bertz CT molecular complexity index is 1250. The van der Waals surface area contributed by atoms with E-state index in [1.165, 1.54) is 18.7 Å². The SMILES string of the molecule is CC(=O)OCC1=C(C(=O)O)N2C(=O)[C@H](NC(=O)C(NC(=O)NN3CC(=O)NC3=O)c3ccccc3)C2SC1. The average Bonchev–Trinajstić information content (AvgIpc) is 3.19. The molecule has 2 unspecified atom stereocenters. The van der Waals surface area contributed by atoms with E-state index in [2.05, 4.69) is 16.1 Å². The van der Waals surface area contributed by atoms with Gasteiger partial charge in [-0.05, 0) is 5.56 Å². The van der Waals surface area contributed by atoms with Crippen molar-refractivity contribution < 1.29 is 43.4 Å². The smallest absolute Gasteiger partial charge is 0.352 e. The van der Waals surface area contributed by atoms with Crippen LogP contribution in [-0.2, 0) is 28.7 Å². The number of carbonyl (C=O) groups excluding carboxylic acids is 6. The number of fused-ring (bicyclic) bond motifs is 1. The van der Waals surface area contributed by atoms with Crippen molar-refractivity contribution >= 4 is 53.5 Å². The molecule has 3 heterocycles. The summed E-state index contributed by atoms with van der Waals surface area (Å²) >= 11 is 1.19. The lowest BCUT2D eigenvalue weighted by atomic mass is 10.0. The van der Waals surface area contributed by atoms with Gasteiger partial charge in [-0.15, -0.1) is 11.8 Å². The molecular weight excluding hydrogens is 524 g/mol. The number of benzene rings is 1. The van der Waals surface area contributed by atoms with E-state index in [-0.39, 0.29) is 23.6 Å². The summed E-state index contributed by atoms with van der Waals surface area (Å²) in [6, 6.07) is 3.89. The Morgan fingerprint density at radius 2 is 1.89 bits per heavy atom. The number of carboxylic acid groups (broad SMARTS) is 1. The molecule has 0 spiro atoms. The minimum atomic E-state index is -1.37. The van der Waals surface area contributed by atoms with Gasteiger partial charge in [-0.25, -0.2) is 24.8 Å². The van der Waals surface area contributed by atoms with Gasteiger partial charge in [0.1, 0.15) is 36.3 Å². The number of carbonyl (C=O) groups is 7. The van der Waals surface area contributed by atoms with Crippen molar-refractivity contribution in [1.29, 1.82) is 0 Å². The van der Waals surface area contributed by atoms with Crippen LogP contribution in [-0.4, -0.2) is 87.1 Å². The number of nitrogens with one attached hydrogen (secondary N) is 4. The Hall–Kier alpha value is -4.60. The lowest BCUT2D eigenvalue weighted by molar-refractivity contribution is -0.151. The Balaban J connectivity index is 1.47. The molecule has 3 aliphatic heterocycles. The van der Waals surface area contributed by atoms with E-state index in [1.807, 2.05) is 5.32 Å². The number of esters is 1. The monoisotopic (exact) mass is 546 g/mol. The zero-order valence-corrected chi connectivity index (χ0v) is 20.6. The summed E-state index contributed by atoms with van der Waals surface area (Å²) in [5.41, 5.74) is 2.48. The van der Waals surface area contributed by atoms with Gasteiger partial charge in [0.15, 0.2) is 0 Å². The third kappa shape index (κ3) is 5.39. The molecule has 0 aromatic heterocycles. The molecule has 3 atom stereocenters. The third-order valence-corrected chi connectivity index (χ3v) is 7.04. The maximum absolute atomic E-state index is 13.2. The Morgan fingerprint density at radius 1 is 1.18 bits per heavy atom. The number of ether oxygens (including phenoxy) is 1. The van der Waals surface area contributed by atoms with Crippen LogP contribution in [0.1, 0.15) is 18.5 Å². The summed E-state index contributed by atoms with van der Waals surface area (Å²) < 4.78 is 4.90. The molecule has 200 valence electrons. The van der Waals surface area contributed by atoms with Gasteiger partial charge >= 0.3 is 24.0 Å². The fraction of sp³-hybridized carbons (Fsp3) is 0.318. The summed E-state index contributed by atoms with van der Waals surface area (Å²) in [5.74, 6) is -3.89. The van der Waals surface area contributed by atoms with Crippen LogP contribution in [0, 0.1) is 0 Å². The number of thioether (sulfide) groups is 1. The normalized spacial score (nSPS) is 21.1. The molecular formula is C22H22N6O9S. The molecule has 1 aromatic rings. The first-order valence-electron chi connectivity index (χ1n) is 11.1. The minimum absolute atomic E-state index is 0.148. The highest BCUT2D eigenvalue weighted by Crippen LogP contribution is 2.40. The molecule has 3 aliphatic rings. The number of amides is 7. The van der Waals surface area contributed by atoms with E-state index in [9.17, 15) is 38.7 Å². The summed E-state index contributed by atoms with van der Waals surface area (Å²) in [4.78, 5) is 85.8. The molecule has 5 N–H and O–H groups in total. The van der Waals surface area contributed by atoms with Crippen LogP contribution < -0.4 is 21.4 Å². The lowest BCUT2D eigenvalue weighted by Crippen LogP contribution is -2.71. The van der Waals surface area contributed by atoms with Crippen LogP contribution in [0.25, 0.3) is 0 Å². The molecule has 15 nitrogen and oxygen atoms in total. The van der Waals surface area contributed by atoms with Crippen LogP contribution in [0.2, 0.25) is 0 Å². The number of nitrogens with zero attached hydrogens (tertiary/aromatic N) is 2. The van der Waals surface area contributed by atoms with Gasteiger partial charge in [0, 0.05) is 18.2 Å². The molecule has 2 saturated heterocycles. The van der Waals surface area contributed by atoms with E-state index in [4.69, 9.17) is 4.74 Å². The van der Waals surface area contributed by atoms with Gasteiger partial charge in [0.2, 0.25) is 11.8 Å². The Labute approximate surface area is 218 Å². The number of imide groups is 1. The van der Waals surface area contributed by atoms with Crippen LogP contribution in [0.3, 0.4) is 0 Å².